The van der Waals surface area contributed by atoms with Gasteiger partial charge in [0.1, 0.15) is 5.76 Å². The van der Waals surface area contributed by atoms with Crippen LogP contribution in [0.4, 0.5) is 0 Å². The van der Waals surface area contributed by atoms with E-state index in [1.54, 1.807) is 0 Å². The molecule has 1 aromatic heterocycles. The number of carbonyl (C=O) groups is 2. The fraction of sp³-hybridized carbons (Fsp3) is 0.781. The number of ketones is 1. The van der Waals surface area contributed by atoms with E-state index in [1.165, 1.54) is 11.1 Å². The molecule has 0 aliphatic heterocycles. The number of allylic oxidation sites excluding steroid dienone is 2. The lowest BCUT2D eigenvalue weighted by Gasteiger charge is -2.69. The molecule has 3 saturated carbocycles. The van der Waals surface area contributed by atoms with E-state index in [0.29, 0.717) is 5.92 Å². The molecule has 0 saturated heterocycles. The molecule has 1 heterocycles. The first-order chi connectivity index (χ1) is 17.6. The third-order valence-corrected chi connectivity index (χ3v) is 12.9. The van der Waals surface area contributed by atoms with Crippen molar-refractivity contribution in [3.05, 3.63) is 29.2 Å². The Morgan fingerprint density at radius 3 is 2.50 bits per heavy atom. The fourth-order valence-electron chi connectivity index (χ4n) is 10.9. The van der Waals surface area contributed by atoms with Crippen LogP contribution in [0.3, 0.4) is 0 Å². The van der Waals surface area contributed by atoms with Gasteiger partial charge in [-0.1, -0.05) is 59.2 Å². The molecule has 0 aromatic carbocycles. The van der Waals surface area contributed by atoms with Crippen molar-refractivity contribution >= 4 is 11.8 Å². The van der Waals surface area contributed by atoms with E-state index in [0.717, 1.165) is 57.1 Å². The zero-order valence-electron chi connectivity index (χ0n) is 24.4. The predicted octanol–water partition coefficient (Wildman–Crippen LogP) is 6.10. The molecule has 208 valence electrons. The van der Waals surface area contributed by atoms with Crippen LogP contribution in [-0.2, 0) is 21.4 Å². The predicted molar refractivity (Wildman–Crippen MR) is 146 cm³/mol. The molecule has 0 unspecified atom stereocenters. The molecule has 38 heavy (non-hydrogen) atoms. The number of fused-ring (bicyclic) bond motifs is 8. The molecular weight excluding hydrogens is 476 g/mol. The third kappa shape index (κ3) is 3.25. The van der Waals surface area contributed by atoms with E-state index < -0.39 is 5.97 Å². The SMILES string of the molecule is CC1(C)CC[C@]2(NCC(=O)O)CC[C@]3(C)[C@H](C(=O)C=C4[C@@]5(C)Cc6cnoc6C(C)(C)[C@@H]5CC[C@]43C)[C@@H]2C1. The average molecular weight is 523 g/mol. The first-order valence-corrected chi connectivity index (χ1v) is 14.8. The summed E-state index contributed by atoms with van der Waals surface area (Å²) in [6.07, 6.45) is 11.9. The topological polar surface area (TPSA) is 92.4 Å². The van der Waals surface area contributed by atoms with E-state index in [-0.39, 0.29) is 56.8 Å². The number of carbonyl (C=O) groups excluding carboxylic acids is 1. The standard InChI is InChI=1S/C32H46N2O4/c1-27(2)10-12-32(33-18-24(36)37)13-11-31(7)25(20(32)16-27)21(35)14-23-29(5)15-19-17-34-38-26(19)28(3,4)22(29)8-9-30(23,31)6/h14,17,20,22,25,33H,8-13,15-16,18H2,1-7H3,(H,36,37)/t20-,22-,25-,29-,30+,31+,32-/m0/s1. The normalized spacial score (nSPS) is 44.6. The van der Waals surface area contributed by atoms with Crippen molar-refractivity contribution in [3.63, 3.8) is 0 Å². The van der Waals surface area contributed by atoms with Crippen molar-refractivity contribution in [2.75, 3.05) is 6.54 Å². The molecular formula is C32H46N2O4. The summed E-state index contributed by atoms with van der Waals surface area (Å²) < 4.78 is 5.80. The highest BCUT2D eigenvalue weighted by atomic mass is 16.5. The van der Waals surface area contributed by atoms with Gasteiger partial charge in [-0.2, -0.15) is 0 Å². The maximum Gasteiger partial charge on any atom is 0.317 e. The van der Waals surface area contributed by atoms with Gasteiger partial charge in [-0.05, 0) is 90.9 Å². The number of hydrogen-bond donors (Lipinski definition) is 2. The van der Waals surface area contributed by atoms with Crippen LogP contribution in [0, 0.1) is 39.4 Å². The minimum atomic E-state index is -0.820. The number of carboxylic acids is 1. The van der Waals surface area contributed by atoms with Gasteiger partial charge >= 0.3 is 5.97 Å². The van der Waals surface area contributed by atoms with E-state index >= 15 is 0 Å². The highest BCUT2D eigenvalue weighted by molar-refractivity contribution is 5.95. The highest BCUT2D eigenvalue weighted by Gasteiger charge is 2.70. The van der Waals surface area contributed by atoms with Gasteiger partial charge < -0.3 is 14.9 Å². The van der Waals surface area contributed by atoms with Crippen molar-refractivity contribution in [2.24, 2.45) is 39.4 Å². The Bertz CT molecular complexity index is 1230. The molecule has 6 rings (SSSR count). The van der Waals surface area contributed by atoms with Crippen LogP contribution in [0.1, 0.15) is 105 Å². The molecule has 0 amide bonds. The van der Waals surface area contributed by atoms with Crippen LogP contribution < -0.4 is 5.32 Å². The Kier molecular flexibility index (Phi) is 5.41. The summed E-state index contributed by atoms with van der Waals surface area (Å²) in [5.74, 6) is 0.917. The lowest BCUT2D eigenvalue weighted by molar-refractivity contribution is -0.162. The lowest BCUT2D eigenvalue weighted by atomic mass is 9.34. The van der Waals surface area contributed by atoms with Crippen LogP contribution in [0.2, 0.25) is 0 Å². The zero-order valence-corrected chi connectivity index (χ0v) is 24.4. The Morgan fingerprint density at radius 1 is 1.08 bits per heavy atom. The monoisotopic (exact) mass is 522 g/mol. The number of nitrogens with zero attached hydrogens (tertiary/aromatic N) is 1. The lowest BCUT2D eigenvalue weighted by Crippen LogP contribution is -2.69. The van der Waals surface area contributed by atoms with Crippen LogP contribution in [-0.4, -0.2) is 34.1 Å². The number of carboxylic acid groups (broad SMARTS) is 1. The zero-order chi connectivity index (χ0) is 27.5. The second-order valence-electron chi connectivity index (χ2n) is 15.7. The third-order valence-electron chi connectivity index (χ3n) is 12.9. The minimum absolute atomic E-state index is 0.0389. The van der Waals surface area contributed by atoms with E-state index in [1.807, 2.05) is 6.20 Å². The van der Waals surface area contributed by atoms with Gasteiger partial charge in [0.15, 0.2) is 5.78 Å². The molecule has 6 heteroatoms. The van der Waals surface area contributed by atoms with Crippen molar-refractivity contribution in [1.82, 2.24) is 10.5 Å². The van der Waals surface area contributed by atoms with Gasteiger partial charge in [0, 0.05) is 22.4 Å². The van der Waals surface area contributed by atoms with Crippen LogP contribution in [0.5, 0.6) is 0 Å². The summed E-state index contributed by atoms with van der Waals surface area (Å²) in [6, 6.07) is 0. The molecule has 0 spiro atoms. The molecule has 7 atom stereocenters. The summed E-state index contributed by atoms with van der Waals surface area (Å²) in [5.41, 5.74) is 1.90. The van der Waals surface area contributed by atoms with Gasteiger partial charge in [-0.25, -0.2) is 0 Å². The number of aliphatic carboxylic acids is 1. The fourth-order valence-corrected chi connectivity index (χ4v) is 10.9. The van der Waals surface area contributed by atoms with Crippen LogP contribution >= 0.6 is 0 Å². The minimum Gasteiger partial charge on any atom is -0.480 e. The second kappa shape index (κ2) is 7.83. The second-order valence-corrected chi connectivity index (χ2v) is 15.7. The summed E-state index contributed by atoms with van der Waals surface area (Å²) in [6.45, 7) is 16.5. The van der Waals surface area contributed by atoms with E-state index in [9.17, 15) is 14.7 Å². The van der Waals surface area contributed by atoms with Crippen molar-refractivity contribution in [1.29, 1.82) is 0 Å². The van der Waals surface area contributed by atoms with Crippen molar-refractivity contribution in [3.8, 4) is 0 Å². The molecule has 3 fully saturated rings. The van der Waals surface area contributed by atoms with Crippen molar-refractivity contribution < 1.29 is 19.2 Å². The average Bonchev–Trinajstić information content (AvgIpc) is 3.28. The maximum atomic E-state index is 14.5. The first kappa shape index (κ1) is 26.3. The highest BCUT2D eigenvalue weighted by Crippen LogP contribution is 2.73. The molecule has 6 nitrogen and oxygen atoms in total. The Labute approximate surface area is 227 Å². The molecule has 0 radical (unpaired) electrons. The number of hydrogen-bond acceptors (Lipinski definition) is 5. The van der Waals surface area contributed by atoms with Gasteiger partial charge in [-0.15, -0.1) is 0 Å². The van der Waals surface area contributed by atoms with Gasteiger partial charge in [-0.3, -0.25) is 9.59 Å². The molecule has 5 aliphatic rings. The molecule has 2 N–H and O–H groups in total. The summed E-state index contributed by atoms with van der Waals surface area (Å²) in [7, 11) is 0. The van der Waals surface area contributed by atoms with E-state index in [4.69, 9.17) is 4.52 Å². The molecule has 5 aliphatic carbocycles. The summed E-state index contributed by atoms with van der Waals surface area (Å²) in [5, 5.41) is 17.3. The first-order valence-electron chi connectivity index (χ1n) is 14.8. The Balaban J connectivity index is 1.47. The molecule has 1 aromatic rings. The van der Waals surface area contributed by atoms with Gasteiger partial charge in [0.2, 0.25) is 0 Å². The smallest absolute Gasteiger partial charge is 0.317 e. The Morgan fingerprint density at radius 2 is 1.79 bits per heavy atom. The number of nitrogens with one attached hydrogen (secondary N) is 1. The largest absolute Gasteiger partial charge is 0.480 e. The van der Waals surface area contributed by atoms with Gasteiger partial charge in [0.25, 0.3) is 0 Å². The molecule has 0 bridgehead atoms. The van der Waals surface area contributed by atoms with Crippen LogP contribution in [0.15, 0.2) is 22.4 Å². The summed E-state index contributed by atoms with van der Waals surface area (Å²) in [4.78, 5) is 26.1. The van der Waals surface area contributed by atoms with Crippen LogP contribution in [0.25, 0.3) is 0 Å². The summed E-state index contributed by atoms with van der Waals surface area (Å²) >= 11 is 0. The number of aromatic nitrogens is 1. The van der Waals surface area contributed by atoms with E-state index in [2.05, 4.69) is 65.0 Å². The van der Waals surface area contributed by atoms with Gasteiger partial charge in [0.05, 0.1) is 12.7 Å². The van der Waals surface area contributed by atoms with Crippen molar-refractivity contribution in [2.45, 2.75) is 111 Å². The quantitative estimate of drug-likeness (QED) is 0.499. The number of rotatable bonds is 3. The maximum absolute atomic E-state index is 14.5. The Hall–Kier alpha value is -1.95.